The van der Waals surface area contributed by atoms with Gasteiger partial charge in [0.25, 0.3) is 0 Å². The van der Waals surface area contributed by atoms with Gasteiger partial charge in [-0.2, -0.15) is 0 Å². The number of ether oxygens (including phenoxy) is 4. The highest BCUT2D eigenvalue weighted by molar-refractivity contribution is 7.99. The number of thioether (sulfide) groups is 1. The minimum absolute atomic E-state index is 0.193. The molecule has 0 radical (unpaired) electrons. The molecular formula is C34H36O5S. The Morgan fingerprint density at radius 1 is 0.600 bits per heavy atom. The Balaban J connectivity index is 1.44. The molecule has 208 valence electrons. The first-order valence-corrected chi connectivity index (χ1v) is 14.5. The van der Waals surface area contributed by atoms with Crippen molar-refractivity contribution in [2.75, 3.05) is 6.61 Å². The monoisotopic (exact) mass is 556 g/mol. The molecule has 1 fully saturated rings. The Morgan fingerprint density at radius 3 is 1.52 bits per heavy atom. The van der Waals surface area contributed by atoms with Crippen molar-refractivity contribution >= 4 is 11.8 Å². The molecule has 0 bridgehead atoms. The zero-order valence-electron chi connectivity index (χ0n) is 22.7. The lowest BCUT2D eigenvalue weighted by molar-refractivity contribution is -0.251. The SMILES string of the molecule is Cc1ccc(S[C@@H]2O[C@H](CO)[C@H](OCc3ccccc3)[C@H](OCc3ccccc3)[C@H]2OCc2ccccc2)cc1. The van der Waals surface area contributed by atoms with Crippen LogP contribution in [0.4, 0.5) is 0 Å². The van der Waals surface area contributed by atoms with Gasteiger partial charge in [0.1, 0.15) is 29.9 Å². The zero-order chi connectivity index (χ0) is 27.6. The summed E-state index contributed by atoms with van der Waals surface area (Å²) < 4.78 is 26.3. The summed E-state index contributed by atoms with van der Waals surface area (Å²) in [6.45, 7) is 3.04. The fourth-order valence-corrected chi connectivity index (χ4v) is 5.87. The van der Waals surface area contributed by atoms with Crippen molar-refractivity contribution < 1.29 is 24.1 Å². The van der Waals surface area contributed by atoms with Gasteiger partial charge in [0, 0.05) is 4.90 Å². The van der Waals surface area contributed by atoms with Crippen LogP contribution in [0.5, 0.6) is 0 Å². The van der Waals surface area contributed by atoms with Crippen LogP contribution >= 0.6 is 11.8 Å². The van der Waals surface area contributed by atoms with Gasteiger partial charge in [0.15, 0.2) is 0 Å². The molecule has 40 heavy (non-hydrogen) atoms. The van der Waals surface area contributed by atoms with Crippen LogP contribution < -0.4 is 0 Å². The van der Waals surface area contributed by atoms with Crippen LogP contribution in [-0.4, -0.2) is 41.6 Å². The Labute approximate surface area is 241 Å². The van der Waals surface area contributed by atoms with E-state index in [1.54, 1.807) is 11.8 Å². The van der Waals surface area contributed by atoms with Gasteiger partial charge < -0.3 is 24.1 Å². The fourth-order valence-electron chi connectivity index (χ4n) is 4.74. The van der Waals surface area contributed by atoms with Crippen LogP contribution in [-0.2, 0) is 38.8 Å². The highest BCUT2D eigenvalue weighted by Crippen LogP contribution is 2.38. The molecule has 5 rings (SSSR count). The molecule has 0 spiro atoms. The largest absolute Gasteiger partial charge is 0.394 e. The first kappa shape index (κ1) is 28.6. The van der Waals surface area contributed by atoms with E-state index < -0.39 is 29.9 Å². The predicted molar refractivity (Wildman–Crippen MR) is 158 cm³/mol. The van der Waals surface area contributed by atoms with Gasteiger partial charge in [-0.3, -0.25) is 0 Å². The van der Waals surface area contributed by atoms with Crippen LogP contribution in [0.3, 0.4) is 0 Å². The lowest BCUT2D eigenvalue weighted by atomic mass is 9.99. The molecule has 0 aliphatic carbocycles. The average molecular weight is 557 g/mol. The second-order valence-corrected chi connectivity index (χ2v) is 11.1. The van der Waals surface area contributed by atoms with Crippen molar-refractivity contribution in [3.8, 4) is 0 Å². The topological polar surface area (TPSA) is 57.2 Å². The van der Waals surface area contributed by atoms with E-state index in [2.05, 4.69) is 31.2 Å². The molecule has 1 N–H and O–H groups in total. The van der Waals surface area contributed by atoms with E-state index >= 15 is 0 Å². The average Bonchev–Trinajstić information content (AvgIpc) is 3.01. The van der Waals surface area contributed by atoms with Gasteiger partial charge in [0.05, 0.1) is 26.4 Å². The molecule has 1 heterocycles. The van der Waals surface area contributed by atoms with Crippen molar-refractivity contribution in [2.24, 2.45) is 0 Å². The Hall–Kier alpha value is -2.97. The van der Waals surface area contributed by atoms with E-state index in [0.29, 0.717) is 19.8 Å². The van der Waals surface area contributed by atoms with Crippen molar-refractivity contribution in [1.29, 1.82) is 0 Å². The number of hydrogen-bond acceptors (Lipinski definition) is 6. The number of aliphatic hydroxyl groups excluding tert-OH is 1. The van der Waals surface area contributed by atoms with Gasteiger partial charge >= 0.3 is 0 Å². The molecule has 1 aliphatic heterocycles. The van der Waals surface area contributed by atoms with Gasteiger partial charge in [-0.05, 0) is 35.7 Å². The van der Waals surface area contributed by atoms with Crippen LogP contribution in [0.2, 0.25) is 0 Å². The van der Waals surface area contributed by atoms with Crippen LogP contribution in [0.25, 0.3) is 0 Å². The lowest BCUT2D eigenvalue weighted by Crippen LogP contribution is -2.60. The van der Waals surface area contributed by atoms with Gasteiger partial charge in [-0.25, -0.2) is 0 Å². The summed E-state index contributed by atoms with van der Waals surface area (Å²) in [7, 11) is 0. The summed E-state index contributed by atoms with van der Waals surface area (Å²) in [6, 6.07) is 38.5. The van der Waals surface area contributed by atoms with Crippen molar-refractivity contribution in [2.45, 2.75) is 61.5 Å². The number of aryl methyl sites for hydroxylation is 1. The molecule has 5 nitrogen and oxygen atoms in total. The van der Waals surface area contributed by atoms with Crippen LogP contribution in [0.15, 0.2) is 120 Å². The third kappa shape index (κ3) is 7.82. The Morgan fingerprint density at radius 2 is 1.05 bits per heavy atom. The molecule has 1 aliphatic rings. The smallest absolute Gasteiger partial charge is 0.137 e. The maximum absolute atomic E-state index is 10.5. The third-order valence-electron chi connectivity index (χ3n) is 6.90. The van der Waals surface area contributed by atoms with Crippen molar-refractivity contribution in [3.05, 3.63) is 138 Å². The second-order valence-electron chi connectivity index (χ2n) is 9.94. The molecule has 1 saturated heterocycles. The van der Waals surface area contributed by atoms with Crippen molar-refractivity contribution in [1.82, 2.24) is 0 Å². The maximum atomic E-state index is 10.5. The van der Waals surface area contributed by atoms with Crippen molar-refractivity contribution in [3.63, 3.8) is 0 Å². The zero-order valence-corrected chi connectivity index (χ0v) is 23.5. The summed E-state index contributed by atoms with van der Waals surface area (Å²) in [4.78, 5) is 1.06. The normalized spacial score (nSPS) is 22.7. The van der Waals surface area contributed by atoms with Crippen LogP contribution in [0, 0.1) is 6.92 Å². The summed E-state index contributed by atoms with van der Waals surface area (Å²) in [5.41, 5.74) is 3.94. The summed E-state index contributed by atoms with van der Waals surface area (Å²) in [6.07, 6.45) is -2.06. The molecule has 4 aromatic carbocycles. The van der Waals surface area contributed by atoms with E-state index in [1.807, 2.05) is 91.0 Å². The quantitative estimate of drug-likeness (QED) is 0.213. The standard InChI is InChI=1S/C34H36O5S/c1-25-17-19-29(20-18-25)40-34-33(38-24-28-15-9-4-10-16-28)32(37-23-27-13-7-3-8-14-27)31(30(21-35)39-34)36-22-26-11-5-2-6-12-26/h2-20,30-35H,21-24H2,1H3/t30-,31+,32+,33-,34+/m1/s1. The van der Waals surface area contributed by atoms with Gasteiger partial charge in [-0.15, -0.1) is 0 Å². The molecule has 0 unspecified atom stereocenters. The first-order valence-electron chi connectivity index (χ1n) is 13.7. The number of benzene rings is 4. The highest BCUT2D eigenvalue weighted by atomic mass is 32.2. The van der Waals surface area contributed by atoms with Gasteiger partial charge in [0.2, 0.25) is 0 Å². The minimum atomic E-state index is -0.580. The molecule has 5 atom stereocenters. The summed E-state index contributed by atoms with van der Waals surface area (Å²) in [5.74, 6) is 0. The van der Waals surface area contributed by atoms with E-state index in [0.717, 1.165) is 21.6 Å². The third-order valence-corrected chi connectivity index (χ3v) is 8.06. The fraction of sp³-hybridized carbons (Fsp3) is 0.294. The second kappa shape index (κ2) is 14.6. The molecule has 6 heteroatoms. The molecule has 0 saturated carbocycles. The summed E-state index contributed by atoms with van der Waals surface area (Å²) >= 11 is 1.58. The summed E-state index contributed by atoms with van der Waals surface area (Å²) in [5, 5.41) is 10.5. The number of hydrogen-bond donors (Lipinski definition) is 1. The Bertz CT molecular complexity index is 1270. The predicted octanol–water partition coefficient (Wildman–Crippen LogP) is 6.56. The van der Waals surface area contributed by atoms with E-state index in [-0.39, 0.29) is 6.61 Å². The number of aliphatic hydroxyl groups is 1. The van der Waals surface area contributed by atoms with E-state index in [4.69, 9.17) is 18.9 Å². The minimum Gasteiger partial charge on any atom is -0.394 e. The molecule has 4 aromatic rings. The molecular weight excluding hydrogens is 520 g/mol. The van der Waals surface area contributed by atoms with Crippen LogP contribution in [0.1, 0.15) is 22.3 Å². The number of rotatable bonds is 12. The van der Waals surface area contributed by atoms with Gasteiger partial charge in [-0.1, -0.05) is 120 Å². The lowest BCUT2D eigenvalue weighted by Gasteiger charge is -2.45. The Kier molecular flexibility index (Phi) is 10.4. The van der Waals surface area contributed by atoms with E-state index in [1.165, 1.54) is 5.56 Å². The van der Waals surface area contributed by atoms with E-state index in [9.17, 15) is 5.11 Å². The molecule has 0 amide bonds. The molecule has 0 aromatic heterocycles. The highest BCUT2D eigenvalue weighted by Gasteiger charge is 2.48. The maximum Gasteiger partial charge on any atom is 0.137 e. The first-order chi connectivity index (χ1) is 19.7.